The first-order valence-electron chi connectivity index (χ1n) is 8.40. The number of ether oxygens (including phenoxy) is 1. The highest BCUT2D eigenvalue weighted by atomic mass is 32.2. The fraction of sp³-hybridized carbons (Fsp3) is 0.211. The molecular formula is C19H19N2O3PS2. The zero-order chi connectivity index (χ0) is 19.0. The van der Waals surface area contributed by atoms with Crippen LogP contribution in [0.3, 0.4) is 0 Å². The average Bonchev–Trinajstić information content (AvgIpc) is 3.06. The molecule has 4 rings (SSSR count). The minimum Gasteiger partial charge on any atom is -0.484 e. The van der Waals surface area contributed by atoms with Gasteiger partial charge in [-0.3, -0.25) is 0 Å². The van der Waals surface area contributed by atoms with Crippen molar-refractivity contribution in [2.24, 2.45) is 0 Å². The summed E-state index contributed by atoms with van der Waals surface area (Å²) >= 11 is 1.61. The van der Waals surface area contributed by atoms with Crippen molar-refractivity contribution in [2.75, 3.05) is 19.3 Å². The van der Waals surface area contributed by atoms with Crippen LogP contribution in [0.1, 0.15) is 0 Å². The summed E-state index contributed by atoms with van der Waals surface area (Å²) in [6, 6.07) is 13.0. The number of likely N-dealkylation sites (tertiary alicyclic amines) is 1. The zero-order valence-electron chi connectivity index (χ0n) is 14.8. The first kappa shape index (κ1) is 18.4. The summed E-state index contributed by atoms with van der Waals surface area (Å²) in [7, 11) is -2.74. The number of rotatable bonds is 6. The summed E-state index contributed by atoms with van der Waals surface area (Å²) in [5.74, 6) is 0.836. The summed E-state index contributed by atoms with van der Waals surface area (Å²) in [4.78, 5) is 6.93. The van der Waals surface area contributed by atoms with Gasteiger partial charge in [-0.25, -0.2) is 13.4 Å². The Morgan fingerprint density at radius 2 is 2.00 bits per heavy atom. The lowest BCUT2D eigenvalue weighted by Crippen LogP contribution is -2.52. The van der Waals surface area contributed by atoms with E-state index in [2.05, 4.69) is 16.5 Å². The maximum Gasteiger partial charge on any atom is 0.175 e. The van der Waals surface area contributed by atoms with Crippen molar-refractivity contribution in [1.29, 1.82) is 0 Å². The molecule has 2 heterocycles. The van der Waals surface area contributed by atoms with E-state index in [4.69, 9.17) is 4.74 Å². The highest BCUT2D eigenvalue weighted by Gasteiger charge is 2.30. The van der Waals surface area contributed by atoms with Gasteiger partial charge in [0.25, 0.3) is 0 Å². The minimum atomic E-state index is -3.16. The molecule has 0 amide bonds. The summed E-state index contributed by atoms with van der Waals surface area (Å²) in [6.07, 6.45) is 1.35. The van der Waals surface area contributed by atoms with Crippen molar-refractivity contribution >= 4 is 45.3 Å². The Morgan fingerprint density at radius 1 is 1.26 bits per heavy atom. The average molecular weight is 418 g/mol. The predicted molar refractivity (Wildman–Crippen MR) is 112 cm³/mol. The lowest BCUT2D eigenvalue weighted by atomic mass is 10.2. The van der Waals surface area contributed by atoms with Crippen molar-refractivity contribution in [3.8, 4) is 5.75 Å². The van der Waals surface area contributed by atoms with Crippen LogP contribution in [0.5, 0.6) is 5.75 Å². The molecule has 1 atom stereocenters. The lowest BCUT2D eigenvalue weighted by Gasteiger charge is -2.41. The molecule has 1 unspecified atom stereocenters. The van der Waals surface area contributed by atoms with Gasteiger partial charge in [0.15, 0.2) is 9.84 Å². The predicted octanol–water partition coefficient (Wildman–Crippen LogP) is 3.24. The molecule has 3 aromatic rings. The quantitative estimate of drug-likeness (QED) is 0.575. The third-order valence-corrected chi connectivity index (χ3v) is 7.57. The van der Waals surface area contributed by atoms with E-state index in [1.54, 1.807) is 23.5 Å². The lowest BCUT2D eigenvalue weighted by molar-refractivity contribution is 0.0516. The largest absolute Gasteiger partial charge is 0.484 e. The van der Waals surface area contributed by atoms with Gasteiger partial charge in [-0.05, 0) is 38.2 Å². The van der Waals surface area contributed by atoms with Gasteiger partial charge in [0.1, 0.15) is 17.4 Å². The summed E-state index contributed by atoms with van der Waals surface area (Å²) < 4.78 is 30.3. The molecule has 0 saturated carbocycles. The van der Waals surface area contributed by atoms with Crippen LogP contribution in [0, 0.1) is 0 Å². The van der Waals surface area contributed by atoms with Crippen molar-refractivity contribution in [2.45, 2.75) is 11.0 Å². The van der Waals surface area contributed by atoms with Crippen LogP contribution in [0.2, 0.25) is 0 Å². The van der Waals surface area contributed by atoms with Crippen LogP contribution in [0.25, 0.3) is 10.2 Å². The van der Waals surface area contributed by atoms with Crippen LogP contribution >= 0.6 is 19.9 Å². The molecule has 1 aliphatic rings. The SMILES string of the molecule is C=C(Pc1ccc(S(C)(=O)=O)cc1)N1CC(Oc2cccc3scnc23)C1. The molecule has 2 aromatic carbocycles. The van der Waals surface area contributed by atoms with Gasteiger partial charge in [-0.2, -0.15) is 0 Å². The molecule has 0 aliphatic carbocycles. The Hall–Kier alpha value is -1.95. The van der Waals surface area contributed by atoms with Crippen molar-refractivity contribution < 1.29 is 13.2 Å². The van der Waals surface area contributed by atoms with Crippen LogP contribution < -0.4 is 10.0 Å². The number of aromatic nitrogens is 1. The summed E-state index contributed by atoms with van der Waals surface area (Å²) in [5, 5.41) is 1.07. The second kappa shape index (κ2) is 7.23. The number of hydrogen-bond donors (Lipinski definition) is 0. The summed E-state index contributed by atoms with van der Waals surface area (Å²) in [5.41, 5.74) is 3.80. The fourth-order valence-corrected chi connectivity index (χ4v) is 5.23. The molecule has 8 heteroatoms. The maximum atomic E-state index is 11.5. The van der Waals surface area contributed by atoms with Crippen molar-refractivity contribution in [1.82, 2.24) is 9.88 Å². The second-order valence-electron chi connectivity index (χ2n) is 6.47. The smallest absolute Gasteiger partial charge is 0.175 e. The molecular weight excluding hydrogens is 399 g/mol. The highest BCUT2D eigenvalue weighted by molar-refractivity contribution is 7.90. The number of fused-ring (bicyclic) bond motifs is 1. The number of nitrogens with zero attached hydrogens (tertiary/aromatic N) is 2. The summed E-state index contributed by atoms with van der Waals surface area (Å²) in [6.45, 7) is 5.78. The van der Waals surface area contributed by atoms with Crippen molar-refractivity contribution in [3.05, 3.63) is 60.0 Å². The Bertz CT molecular complexity index is 1090. The monoisotopic (exact) mass is 418 g/mol. The number of thiazole rings is 1. The van der Waals surface area contributed by atoms with Crippen LogP contribution in [-0.2, 0) is 9.84 Å². The molecule has 1 saturated heterocycles. The number of sulfone groups is 1. The van der Waals surface area contributed by atoms with Crippen LogP contribution in [0.15, 0.2) is 64.9 Å². The molecule has 0 bridgehead atoms. The van der Waals surface area contributed by atoms with Gasteiger partial charge in [-0.1, -0.05) is 24.8 Å². The second-order valence-corrected chi connectivity index (χ2v) is 10.8. The molecule has 1 aliphatic heterocycles. The van der Waals surface area contributed by atoms with Crippen LogP contribution in [-0.4, -0.2) is 43.8 Å². The third-order valence-electron chi connectivity index (χ3n) is 4.42. The molecule has 140 valence electrons. The Labute approximate surface area is 164 Å². The highest BCUT2D eigenvalue weighted by Crippen LogP contribution is 2.33. The van der Waals surface area contributed by atoms with E-state index in [-0.39, 0.29) is 6.10 Å². The minimum absolute atomic E-state index is 0.131. The molecule has 0 radical (unpaired) electrons. The van der Waals surface area contributed by atoms with Gasteiger partial charge in [0.05, 0.1) is 28.2 Å². The van der Waals surface area contributed by atoms with Crippen LogP contribution in [0.4, 0.5) is 0 Å². The number of hydrogen-bond acceptors (Lipinski definition) is 6. The van der Waals surface area contributed by atoms with E-state index in [1.165, 1.54) is 6.26 Å². The van der Waals surface area contributed by atoms with E-state index in [0.717, 1.165) is 39.8 Å². The van der Waals surface area contributed by atoms with Crippen molar-refractivity contribution in [3.63, 3.8) is 0 Å². The normalized spacial score (nSPS) is 15.4. The van der Waals surface area contributed by atoms with Gasteiger partial charge in [0.2, 0.25) is 0 Å². The van der Waals surface area contributed by atoms with Gasteiger partial charge >= 0.3 is 0 Å². The van der Waals surface area contributed by atoms with E-state index in [1.807, 2.05) is 35.8 Å². The molecule has 1 fully saturated rings. The first-order chi connectivity index (χ1) is 12.9. The fourth-order valence-electron chi connectivity index (χ4n) is 2.90. The Morgan fingerprint density at radius 3 is 2.70 bits per heavy atom. The third kappa shape index (κ3) is 4.00. The first-order valence-corrected chi connectivity index (χ1v) is 12.2. The molecule has 0 spiro atoms. The Balaban J connectivity index is 1.33. The van der Waals surface area contributed by atoms with E-state index < -0.39 is 9.84 Å². The molecule has 1 aromatic heterocycles. The van der Waals surface area contributed by atoms with E-state index in [9.17, 15) is 8.42 Å². The number of benzene rings is 2. The maximum absolute atomic E-state index is 11.5. The number of para-hydroxylation sites is 1. The van der Waals surface area contributed by atoms with Gasteiger partial charge in [0, 0.05) is 11.7 Å². The molecule has 0 N–H and O–H groups in total. The molecule has 27 heavy (non-hydrogen) atoms. The zero-order valence-corrected chi connectivity index (χ0v) is 17.4. The van der Waals surface area contributed by atoms with E-state index in [0.29, 0.717) is 13.5 Å². The van der Waals surface area contributed by atoms with Gasteiger partial charge in [-0.15, -0.1) is 11.3 Å². The van der Waals surface area contributed by atoms with Gasteiger partial charge < -0.3 is 9.64 Å². The molecule has 5 nitrogen and oxygen atoms in total. The Kier molecular flexibility index (Phi) is 4.93. The standard InChI is InChI=1S/C19H19N2O3PS2/c1-13(25-15-6-8-16(9-7-15)27(2,22)23)21-10-14(11-21)24-17-4-3-5-18-19(17)20-12-26-18/h3-9,12,14,25H,1,10-11H2,2H3. The topological polar surface area (TPSA) is 59.5 Å². The van der Waals surface area contributed by atoms with E-state index >= 15 is 0 Å².